The van der Waals surface area contributed by atoms with Crippen molar-refractivity contribution < 1.29 is 14.3 Å². The molecule has 3 aromatic rings. The summed E-state index contributed by atoms with van der Waals surface area (Å²) in [6.45, 7) is 5.95. The summed E-state index contributed by atoms with van der Waals surface area (Å²) in [5.74, 6) is -0.840. The molecule has 32 heavy (non-hydrogen) atoms. The zero-order chi connectivity index (χ0) is 23.3. The first-order valence-corrected chi connectivity index (χ1v) is 10.8. The molecule has 2 aromatic carbocycles. The Kier molecular flexibility index (Phi) is 7.29. The number of aromatic nitrogens is 1. The van der Waals surface area contributed by atoms with Crippen LogP contribution in [0.1, 0.15) is 34.2 Å². The second-order valence-corrected chi connectivity index (χ2v) is 7.98. The Bertz CT molecular complexity index is 1230. The van der Waals surface area contributed by atoms with Crippen molar-refractivity contribution in [2.24, 2.45) is 0 Å². The second kappa shape index (κ2) is 10.1. The van der Waals surface area contributed by atoms with Crippen LogP contribution in [-0.2, 0) is 9.53 Å². The highest BCUT2D eigenvalue weighted by Gasteiger charge is 2.15. The molecule has 0 spiro atoms. The molecule has 0 aliphatic carbocycles. The van der Waals surface area contributed by atoms with E-state index in [0.29, 0.717) is 17.9 Å². The van der Waals surface area contributed by atoms with Crippen LogP contribution in [0.15, 0.2) is 64.6 Å². The van der Waals surface area contributed by atoms with E-state index >= 15 is 0 Å². The Labute approximate surface area is 195 Å². The fraction of sp³-hybridized carbons (Fsp3) is 0.160. The third-order valence-corrected chi connectivity index (χ3v) is 5.35. The average Bonchev–Trinajstić information content (AvgIpc) is 3.05. The van der Waals surface area contributed by atoms with E-state index in [2.05, 4.69) is 21.2 Å². The van der Waals surface area contributed by atoms with Gasteiger partial charge in [0.25, 0.3) is 5.91 Å². The van der Waals surface area contributed by atoms with Gasteiger partial charge >= 0.3 is 5.97 Å². The number of ether oxygens (including phenoxy) is 1. The van der Waals surface area contributed by atoms with E-state index in [4.69, 9.17) is 4.74 Å². The van der Waals surface area contributed by atoms with Crippen LogP contribution in [0.2, 0.25) is 0 Å². The van der Waals surface area contributed by atoms with Gasteiger partial charge in [0.2, 0.25) is 0 Å². The number of amides is 1. The molecule has 1 amide bonds. The molecule has 0 aliphatic heterocycles. The quantitative estimate of drug-likeness (QED) is 0.277. The number of nitrogens with zero attached hydrogens (tertiary/aromatic N) is 2. The van der Waals surface area contributed by atoms with E-state index in [-0.39, 0.29) is 11.5 Å². The minimum Gasteiger partial charge on any atom is -0.462 e. The van der Waals surface area contributed by atoms with Gasteiger partial charge in [-0.2, -0.15) is 5.26 Å². The van der Waals surface area contributed by atoms with Crippen LogP contribution >= 0.6 is 15.9 Å². The zero-order valence-electron chi connectivity index (χ0n) is 18.0. The topological polar surface area (TPSA) is 84.1 Å². The first-order chi connectivity index (χ1) is 15.3. The average molecular weight is 492 g/mol. The van der Waals surface area contributed by atoms with Gasteiger partial charge in [0.1, 0.15) is 11.6 Å². The first-order valence-electron chi connectivity index (χ1n) is 9.99. The van der Waals surface area contributed by atoms with Crippen molar-refractivity contribution in [2.75, 3.05) is 11.9 Å². The van der Waals surface area contributed by atoms with Crippen LogP contribution in [0.25, 0.3) is 11.8 Å². The molecule has 1 heterocycles. The predicted molar refractivity (Wildman–Crippen MR) is 128 cm³/mol. The molecule has 1 aromatic heterocycles. The van der Waals surface area contributed by atoms with Gasteiger partial charge in [0.15, 0.2) is 0 Å². The van der Waals surface area contributed by atoms with E-state index in [9.17, 15) is 14.9 Å². The van der Waals surface area contributed by atoms with Gasteiger partial charge in [-0.05, 0) is 80.9 Å². The number of carbonyl (C=O) groups excluding carboxylic acids is 2. The number of rotatable bonds is 6. The van der Waals surface area contributed by atoms with Gasteiger partial charge in [-0.3, -0.25) is 4.79 Å². The minimum absolute atomic E-state index is 0.00267. The summed E-state index contributed by atoms with van der Waals surface area (Å²) < 4.78 is 7.86. The van der Waals surface area contributed by atoms with Crippen LogP contribution < -0.4 is 5.32 Å². The minimum atomic E-state index is -0.478. The summed E-state index contributed by atoms with van der Waals surface area (Å²) in [6.07, 6.45) is 1.58. The molecule has 0 radical (unpaired) electrons. The molecule has 6 nitrogen and oxygen atoms in total. The second-order valence-electron chi connectivity index (χ2n) is 7.06. The normalized spacial score (nSPS) is 11.0. The number of halogens is 1. The van der Waals surface area contributed by atoms with E-state index < -0.39 is 5.91 Å². The first kappa shape index (κ1) is 23.0. The molecule has 0 saturated carbocycles. The van der Waals surface area contributed by atoms with Crippen molar-refractivity contribution in [1.82, 2.24) is 4.57 Å². The van der Waals surface area contributed by atoms with Crippen LogP contribution in [0.3, 0.4) is 0 Å². The number of carbonyl (C=O) groups is 2. The summed E-state index contributed by atoms with van der Waals surface area (Å²) in [5.41, 5.74) is 4.51. The fourth-order valence-corrected chi connectivity index (χ4v) is 3.76. The summed E-state index contributed by atoms with van der Waals surface area (Å²) in [7, 11) is 0. The number of hydrogen-bond donors (Lipinski definition) is 1. The van der Waals surface area contributed by atoms with Crippen molar-refractivity contribution in [3.8, 4) is 11.8 Å². The van der Waals surface area contributed by atoms with Crippen molar-refractivity contribution in [1.29, 1.82) is 5.26 Å². The standard InChI is InChI=1S/C25H22BrN3O3/c1-4-32-25(31)18-8-10-23(11-9-18)29-16(2)12-19(17(29)3)13-20(15-27)24(30)28-22-7-5-6-21(26)14-22/h5-14H,4H2,1-3H3,(H,28,30)/b20-13-. The molecule has 0 fully saturated rings. The number of hydrogen-bond acceptors (Lipinski definition) is 4. The fourth-order valence-electron chi connectivity index (χ4n) is 3.36. The smallest absolute Gasteiger partial charge is 0.338 e. The number of benzene rings is 2. The van der Waals surface area contributed by atoms with Gasteiger partial charge in [0, 0.05) is 27.2 Å². The van der Waals surface area contributed by atoms with Gasteiger partial charge in [0.05, 0.1) is 12.2 Å². The number of nitriles is 1. The van der Waals surface area contributed by atoms with Crippen LogP contribution in [0.4, 0.5) is 5.69 Å². The molecule has 0 aliphatic rings. The van der Waals surface area contributed by atoms with Crippen LogP contribution in [0, 0.1) is 25.2 Å². The summed E-state index contributed by atoms with van der Waals surface area (Å²) in [6, 6.07) is 18.2. The lowest BCUT2D eigenvalue weighted by Gasteiger charge is -2.10. The number of esters is 1. The molecule has 0 atom stereocenters. The summed E-state index contributed by atoms with van der Waals surface area (Å²) >= 11 is 3.36. The van der Waals surface area contributed by atoms with Crippen molar-refractivity contribution in [3.05, 3.63) is 87.2 Å². The third-order valence-electron chi connectivity index (χ3n) is 4.85. The molecule has 7 heteroatoms. The van der Waals surface area contributed by atoms with Crippen LogP contribution in [0.5, 0.6) is 0 Å². The summed E-state index contributed by atoms with van der Waals surface area (Å²) in [4.78, 5) is 24.5. The SMILES string of the molecule is CCOC(=O)c1ccc(-n2c(C)cc(/C=C(/C#N)C(=O)Nc3cccc(Br)c3)c2C)cc1. The Morgan fingerprint density at radius 3 is 2.50 bits per heavy atom. The van der Waals surface area contributed by atoms with E-state index in [1.807, 2.05) is 48.7 Å². The highest BCUT2D eigenvalue weighted by Crippen LogP contribution is 2.24. The van der Waals surface area contributed by atoms with Crippen molar-refractivity contribution in [3.63, 3.8) is 0 Å². The van der Waals surface area contributed by atoms with Crippen molar-refractivity contribution >= 4 is 39.6 Å². The maximum absolute atomic E-state index is 12.6. The van der Waals surface area contributed by atoms with E-state index in [1.54, 1.807) is 43.3 Å². The van der Waals surface area contributed by atoms with Gasteiger partial charge in [-0.25, -0.2) is 4.79 Å². The van der Waals surface area contributed by atoms with Gasteiger partial charge in [-0.1, -0.05) is 22.0 Å². The highest BCUT2D eigenvalue weighted by molar-refractivity contribution is 9.10. The van der Waals surface area contributed by atoms with Gasteiger partial charge in [-0.15, -0.1) is 0 Å². The van der Waals surface area contributed by atoms with E-state index in [1.165, 1.54) is 0 Å². The predicted octanol–water partition coefficient (Wildman–Crippen LogP) is 5.58. The molecule has 1 N–H and O–H groups in total. The number of aryl methyl sites for hydroxylation is 1. The third kappa shape index (κ3) is 5.16. The number of nitrogens with one attached hydrogen (secondary N) is 1. The molecular formula is C25H22BrN3O3. The summed E-state index contributed by atoms with van der Waals surface area (Å²) in [5, 5.41) is 12.3. The Hall–Kier alpha value is -3.63. The molecule has 0 unspecified atom stereocenters. The maximum Gasteiger partial charge on any atom is 0.338 e. The molecule has 3 rings (SSSR count). The lowest BCUT2D eigenvalue weighted by molar-refractivity contribution is -0.112. The van der Waals surface area contributed by atoms with Crippen LogP contribution in [-0.4, -0.2) is 23.1 Å². The largest absolute Gasteiger partial charge is 0.462 e. The Morgan fingerprint density at radius 2 is 1.88 bits per heavy atom. The van der Waals surface area contributed by atoms with E-state index in [0.717, 1.165) is 27.1 Å². The highest BCUT2D eigenvalue weighted by atomic mass is 79.9. The Balaban J connectivity index is 1.88. The number of anilines is 1. The molecular weight excluding hydrogens is 470 g/mol. The van der Waals surface area contributed by atoms with Crippen molar-refractivity contribution in [2.45, 2.75) is 20.8 Å². The monoisotopic (exact) mass is 491 g/mol. The molecule has 0 saturated heterocycles. The zero-order valence-corrected chi connectivity index (χ0v) is 19.6. The van der Waals surface area contributed by atoms with Gasteiger partial charge < -0.3 is 14.6 Å². The lowest BCUT2D eigenvalue weighted by Crippen LogP contribution is -2.13. The Morgan fingerprint density at radius 1 is 1.16 bits per heavy atom. The molecule has 0 bridgehead atoms. The maximum atomic E-state index is 12.6. The molecule has 162 valence electrons. The lowest BCUT2D eigenvalue weighted by atomic mass is 10.1.